The van der Waals surface area contributed by atoms with Gasteiger partial charge >= 0.3 is 6.18 Å². The molecule has 3 aromatic carbocycles. The first-order valence-corrected chi connectivity index (χ1v) is 21.2. The zero-order valence-corrected chi connectivity index (χ0v) is 38.9. The summed E-state index contributed by atoms with van der Waals surface area (Å²) < 4.78 is 56.7. The maximum absolute atomic E-state index is 15.8. The van der Waals surface area contributed by atoms with Gasteiger partial charge in [0.2, 0.25) is 5.91 Å². The molecule has 1 aliphatic rings. The van der Waals surface area contributed by atoms with Crippen molar-refractivity contribution in [1.29, 1.82) is 0 Å². The lowest BCUT2D eigenvalue weighted by atomic mass is 9.20. The molecule has 0 saturated heterocycles. The van der Waals surface area contributed by atoms with E-state index in [1.54, 1.807) is 0 Å². The number of amides is 1. The largest absolute Gasteiger partial charge is 0.415 e. The molecule has 5 rings (SSSR count). The number of aromatic nitrogens is 2. The Bertz CT molecular complexity index is 2820. The highest BCUT2D eigenvalue weighted by atomic mass is 32.2. The molecule has 35 heteroatoms. The normalized spacial score (nSPS) is 15.9. The molecule has 0 saturated carbocycles. The average molecular weight is 902 g/mol. The van der Waals surface area contributed by atoms with Gasteiger partial charge < -0.3 is 14.4 Å². The summed E-state index contributed by atoms with van der Waals surface area (Å²) in [4.78, 5) is 34.7. The average Bonchev–Trinajstić information content (AvgIpc) is 3.31. The van der Waals surface area contributed by atoms with Crippen LogP contribution >= 0.6 is 11.8 Å². The van der Waals surface area contributed by atoms with E-state index in [0.717, 1.165) is 26.0 Å². The number of carbonyl (C=O) groups excluding carboxylic acids is 1. The number of rotatable bonds is 13. The van der Waals surface area contributed by atoms with Gasteiger partial charge in [-0.15, -0.1) is 5.21 Å². The van der Waals surface area contributed by atoms with Crippen molar-refractivity contribution in [2.45, 2.75) is 79.8 Å². The third-order valence-electron chi connectivity index (χ3n) is 12.2. The van der Waals surface area contributed by atoms with Crippen molar-refractivity contribution in [3.05, 3.63) is 68.4 Å². The predicted molar refractivity (Wildman–Crippen MR) is 295 cm³/mol. The lowest BCUT2D eigenvalue weighted by molar-refractivity contribution is -0.138. The summed E-state index contributed by atoms with van der Waals surface area (Å²) in [5.41, 5.74) is -11.7. The lowest BCUT2D eigenvalue weighted by Crippen LogP contribution is -2.82. The van der Waals surface area contributed by atoms with Crippen molar-refractivity contribution < 1.29 is 22.4 Å². The predicted octanol–water partition coefficient (Wildman–Crippen LogP) is -10.6. The van der Waals surface area contributed by atoms with Crippen molar-refractivity contribution in [3.63, 3.8) is 0 Å². The maximum atomic E-state index is 15.8. The summed E-state index contributed by atoms with van der Waals surface area (Å²) in [5.74, 6) is -2.49. The van der Waals surface area contributed by atoms with Crippen molar-refractivity contribution >= 4 is 250 Å². The van der Waals surface area contributed by atoms with Gasteiger partial charge in [0.1, 0.15) is 84.3 Å². The number of carbonyl (C=O) groups is 1. The zero-order valence-electron chi connectivity index (χ0n) is 38.1. The van der Waals surface area contributed by atoms with E-state index in [1.165, 1.54) is 12.1 Å². The van der Waals surface area contributed by atoms with E-state index < -0.39 is 155 Å². The molecule has 0 fully saturated rings. The molecular weight excluding hydrogens is 888 g/mol. The van der Waals surface area contributed by atoms with Crippen LogP contribution in [0.3, 0.4) is 0 Å². The summed E-state index contributed by atoms with van der Waals surface area (Å²) in [6.07, 6.45) is -5.14. The first-order chi connectivity index (χ1) is 31.8. The van der Waals surface area contributed by atoms with Crippen LogP contribution in [-0.2, 0) is 39.0 Å². The number of hydrogen-bond donors (Lipinski definition) is 0. The molecule has 1 aromatic heterocycles. The quantitative estimate of drug-likeness (QED) is 0.0579. The molecular formula is C36H14B24F4N4O2S. The molecule has 6 nitrogen and oxygen atoms in total. The van der Waals surface area contributed by atoms with Crippen molar-refractivity contribution in [1.82, 2.24) is 19.4 Å². The van der Waals surface area contributed by atoms with Crippen LogP contribution in [0.25, 0.3) is 11.1 Å². The number of benzene rings is 3. The van der Waals surface area contributed by atoms with Crippen LogP contribution in [0.15, 0.2) is 34.2 Å². The summed E-state index contributed by atoms with van der Waals surface area (Å²) in [5, 5.41) is -22.9. The Morgan fingerprint density at radius 3 is 1.49 bits per heavy atom. The molecule has 4 aromatic rings. The molecule has 0 aliphatic heterocycles. The number of nitrogens with zero attached hydrogens (tertiary/aromatic N) is 4. The first kappa shape index (κ1) is 59.5. The van der Waals surface area contributed by atoms with Crippen LogP contribution in [0.5, 0.6) is 0 Å². The van der Waals surface area contributed by atoms with Gasteiger partial charge in [-0.2, -0.15) is 18.2 Å². The van der Waals surface area contributed by atoms with E-state index in [0.29, 0.717) is 31.7 Å². The highest BCUT2D eigenvalue weighted by Gasteiger charge is 2.59. The van der Waals surface area contributed by atoms with Gasteiger partial charge in [0.15, 0.2) is 5.16 Å². The highest BCUT2D eigenvalue weighted by molar-refractivity contribution is 7.98. The Morgan fingerprint density at radius 1 is 0.662 bits per heavy atom. The lowest BCUT2D eigenvalue weighted by Gasteiger charge is -2.66. The summed E-state index contributed by atoms with van der Waals surface area (Å²) in [6.45, 7) is 1.01. The molecule has 48 radical (unpaired) electrons. The number of fused-ring (bicyclic) bond motifs is 1. The third-order valence-corrected chi connectivity index (χ3v) is 13.2. The molecule has 0 bridgehead atoms. The van der Waals surface area contributed by atoms with Crippen LogP contribution in [-0.4, -0.2) is 235 Å². The zero-order chi connectivity index (χ0) is 54.9. The molecule has 1 aliphatic carbocycles. The Kier molecular flexibility index (Phi) is 15.9. The monoisotopic (exact) mass is 906 g/mol. The Balaban J connectivity index is 1.89. The van der Waals surface area contributed by atoms with Gasteiger partial charge in [-0.1, -0.05) is 103 Å². The second-order valence-electron chi connectivity index (χ2n) is 17.8. The van der Waals surface area contributed by atoms with E-state index in [4.69, 9.17) is 188 Å². The van der Waals surface area contributed by atoms with Crippen molar-refractivity contribution in [2.75, 3.05) is 0 Å². The minimum absolute atomic E-state index is 0.170. The van der Waals surface area contributed by atoms with Crippen LogP contribution in [0.1, 0.15) is 41.8 Å². The molecule has 1 amide bonds. The van der Waals surface area contributed by atoms with E-state index in [-0.39, 0.29) is 5.75 Å². The Morgan fingerprint density at radius 2 is 1.08 bits per heavy atom. The van der Waals surface area contributed by atoms with Gasteiger partial charge in [-0.05, 0) is 45.1 Å². The molecule has 0 N–H and O–H groups in total. The van der Waals surface area contributed by atoms with Gasteiger partial charge in [-0.25, -0.2) is 4.39 Å². The van der Waals surface area contributed by atoms with Crippen LogP contribution in [0.2, 0.25) is 5.21 Å². The van der Waals surface area contributed by atoms with E-state index in [2.05, 4.69) is 4.98 Å². The van der Waals surface area contributed by atoms with Gasteiger partial charge in [0.25, 0.3) is 5.56 Å². The second-order valence-corrected chi connectivity index (χ2v) is 18.8. The number of thioether (sulfide) groups is 1. The number of alkyl halides is 3. The van der Waals surface area contributed by atoms with Gasteiger partial charge in [0.05, 0.1) is 110 Å². The molecule has 0 unspecified atom stereocenters. The Hall–Kier alpha value is -2.40. The summed E-state index contributed by atoms with van der Waals surface area (Å²) in [6, 6.07) is 4.98. The third kappa shape index (κ3) is 9.65. The Labute approximate surface area is 448 Å². The SMILES string of the molecule is [B]c1c([B])c(-c2c([B])c([B])c(C(F)(F)F)c([B])c2[B])c([B])c([B])c1CN(C(=O)C([B])([B])n1c(SCc2ccc(F)cc2)nc(=O)c2c1C([B])([B])C([B])([B])C2([B])[B])C([B])([B])C([B])([B])N(C([B])([B])C)C([B])([B])C. The number of hydrogen-bond acceptors (Lipinski definition) is 5. The highest BCUT2D eigenvalue weighted by Crippen LogP contribution is 2.58. The molecule has 0 spiro atoms. The van der Waals surface area contributed by atoms with Crippen LogP contribution < -0.4 is 49.3 Å². The second kappa shape index (κ2) is 19.0. The molecule has 71 heavy (non-hydrogen) atoms. The van der Waals surface area contributed by atoms with E-state index in [9.17, 15) is 22.4 Å². The van der Waals surface area contributed by atoms with Gasteiger partial charge in [-0.3, -0.25) is 9.59 Å². The van der Waals surface area contributed by atoms with Crippen LogP contribution in [0, 0.1) is 5.82 Å². The fraction of sp³-hybridized carbons (Fsp3) is 0.361. The summed E-state index contributed by atoms with van der Waals surface area (Å²) in [7, 11) is 155. The smallest absolute Gasteiger partial charge is 0.349 e. The molecule has 1 heterocycles. The van der Waals surface area contributed by atoms with Crippen molar-refractivity contribution in [2.24, 2.45) is 0 Å². The topological polar surface area (TPSA) is 58.4 Å². The maximum Gasteiger partial charge on any atom is 0.415 e. The standard InChI is InChI=1S/C36H14B24F4N4O2S/c1-28(45,46)68(29(2,47)48)36(59,60)35(57,58)66(7-11-16(37)18(39)12(19(40)17(11)38)13-20(41)22(43)14(33(62,63)64)23(44)21(13)42)26(70)32(53,54)67-24-15(30(49,50)34(55,56)31(24,51)52)25(69)65-27(67)71-8-9-3-5-10(61)6-4-9/h3-6H,7-8H2,1-2H3. The summed E-state index contributed by atoms with van der Waals surface area (Å²) >= 11 is 0.651. The number of halogens is 4. The fourth-order valence-electron chi connectivity index (χ4n) is 8.46. The molecule has 0 atom stereocenters. The van der Waals surface area contributed by atoms with E-state index >= 15 is 4.79 Å². The first-order valence-electron chi connectivity index (χ1n) is 20.2. The molecule has 296 valence electrons. The fourth-order valence-corrected chi connectivity index (χ4v) is 9.47. The minimum atomic E-state index is -5.14. The van der Waals surface area contributed by atoms with Gasteiger partial charge in [0, 0.05) is 34.5 Å². The van der Waals surface area contributed by atoms with Crippen LogP contribution in [0.4, 0.5) is 17.6 Å². The van der Waals surface area contributed by atoms with E-state index in [1.807, 2.05) is 0 Å². The minimum Gasteiger partial charge on any atom is -0.349 e. The van der Waals surface area contributed by atoms with Crippen molar-refractivity contribution in [3.8, 4) is 11.1 Å².